The van der Waals surface area contributed by atoms with E-state index in [-0.39, 0.29) is 18.3 Å². The van der Waals surface area contributed by atoms with E-state index >= 15 is 0 Å². The van der Waals surface area contributed by atoms with Crippen molar-refractivity contribution in [3.63, 3.8) is 0 Å². The van der Waals surface area contributed by atoms with Gasteiger partial charge in [-0.25, -0.2) is 4.98 Å². The standard InChI is InChI=1S/C11H18N4O3/c1-4-5-8-12-9(14-13-8)10(16)15(3)6-7(2)11(17)18/h7H,4-6H2,1-3H3,(H,17,18)(H,12,13,14). The Morgan fingerprint density at radius 1 is 1.50 bits per heavy atom. The van der Waals surface area contributed by atoms with Crippen molar-refractivity contribution in [3.05, 3.63) is 11.6 Å². The van der Waals surface area contributed by atoms with Crippen molar-refractivity contribution in [2.75, 3.05) is 13.6 Å². The maximum absolute atomic E-state index is 11.9. The molecule has 0 saturated heterocycles. The molecule has 0 fully saturated rings. The van der Waals surface area contributed by atoms with Gasteiger partial charge in [0.25, 0.3) is 5.91 Å². The molecule has 2 N–H and O–H groups in total. The normalized spacial score (nSPS) is 12.2. The first-order valence-corrected chi connectivity index (χ1v) is 5.85. The van der Waals surface area contributed by atoms with Crippen molar-refractivity contribution < 1.29 is 14.7 Å². The number of carbonyl (C=O) groups excluding carboxylic acids is 1. The molecule has 1 aromatic rings. The Bertz CT molecular complexity index is 430. The smallest absolute Gasteiger partial charge is 0.308 e. The number of hydrogen-bond acceptors (Lipinski definition) is 4. The number of aromatic nitrogens is 3. The van der Waals surface area contributed by atoms with Crippen molar-refractivity contribution in [3.8, 4) is 0 Å². The van der Waals surface area contributed by atoms with Gasteiger partial charge < -0.3 is 10.0 Å². The van der Waals surface area contributed by atoms with Crippen LogP contribution in [0.15, 0.2) is 0 Å². The van der Waals surface area contributed by atoms with Crippen molar-refractivity contribution in [2.45, 2.75) is 26.7 Å². The first-order chi connectivity index (χ1) is 8.45. The van der Waals surface area contributed by atoms with Crippen LogP contribution in [0, 0.1) is 5.92 Å². The van der Waals surface area contributed by atoms with Crippen LogP contribution in [-0.2, 0) is 11.2 Å². The number of rotatable bonds is 6. The maximum atomic E-state index is 11.9. The number of aryl methyl sites for hydroxylation is 1. The highest BCUT2D eigenvalue weighted by atomic mass is 16.4. The molecule has 0 bridgehead atoms. The average Bonchev–Trinajstić information content (AvgIpc) is 2.76. The minimum atomic E-state index is -0.934. The van der Waals surface area contributed by atoms with Gasteiger partial charge in [-0.3, -0.25) is 14.7 Å². The second-order valence-electron chi connectivity index (χ2n) is 4.28. The quantitative estimate of drug-likeness (QED) is 0.772. The summed E-state index contributed by atoms with van der Waals surface area (Å²) in [4.78, 5) is 28.0. The summed E-state index contributed by atoms with van der Waals surface area (Å²) in [7, 11) is 1.54. The molecule has 18 heavy (non-hydrogen) atoms. The fourth-order valence-corrected chi connectivity index (χ4v) is 1.48. The minimum Gasteiger partial charge on any atom is -0.481 e. The maximum Gasteiger partial charge on any atom is 0.308 e. The number of H-pyrrole nitrogens is 1. The number of aliphatic carboxylic acids is 1. The lowest BCUT2D eigenvalue weighted by Gasteiger charge is -2.17. The number of nitrogens with one attached hydrogen (secondary N) is 1. The van der Waals surface area contributed by atoms with Crippen LogP contribution in [-0.4, -0.2) is 50.7 Å². The molecule has 7 nitrogen and oxygen atoms in total. The molecule has 1 atom stereocenters. The Labute approximate surface area is 105 Å². The van der Waals surface area contributed by atoms with E-state index in [1.54, 1.807) is 6.92 Å². The molecule has 1 unspecified atom stereocenters. The molecule has 100 valence electrons. The zero-order valence-electron chi connectivity index (χ0n) is 10.8. The van der Waals surface area contributed by atoms with Crippen LogP contribution in [0.2, 0.25) is 0 Å². The summed E-state index contributed by atoms with van der Waals surface area (Å²) < 4.78 is 0. The lowest BCUT2D eigenvalue weighted by atomic mass is 10.2. The van der Waals surface area contributed by atoms with E-state index in [0.717, 1.165) is 12.8 Å². The Hall–Kier alpha value is -1.92. The number of carboxylic acids is 1. The van der Waals surface area contributed by atoms with Crippen LogP contribution in [0.3, 0.4) is 0 Å². The monoisotopic (exact) mass is 254 g/mol. The molecule has 0 aliphatic heterocycles. The molecular formula is C11H18N4O3. The van der Waals surface area contributed by atoms with Crippen LogP contribution in [0.1, 0.15) is 36.7 Å². The first-order valence-electron chi connectivity index (χ1n) is 5.85. The number of aromatic amines is 1. The lowest BCUT2D eigenvalue weighted by molar-refractivity contribution is -0.141. The Balaban J connectivity index is 2.64. The van der Waals surface area contributed by atoms with Crippen LogP contribution in [0.5, 0.6) is 0 Å². The third-order valence-corrected chi connectivity index (χ3v) is 2.53. The van der Waals surface area contributed by atoms with E-state index in [2.05, 4.69) is 15.2 Å². The summed E-state index contributed by atoms with van der Waals surface area (Å²) in [5.74, 6) is -1.18. The largest absolute Gasteiger partial charge is 0.481 e. The predicted octanol–water partition coefficient (Wildman–Crippen LogP) is 0.550. The Morgan fingerprint density at radius 3 is 2.72 bits per heavy atom. The van der Waals surface area contributed by atoms with Crippen LogP contribution in [0.25, 0.3) is 0 Å². The van der Waals surface area contributed by atoms with Gasteiger partial charge in [0.1, 0.15) is 5.82 Å². The molecule has 0 aromatic carbocycles. The zero-order chi connectivity index (χ0) is 13.7. The molecule has 0 aliphatic carbocycles. The van der Waals surface area contributed by atoms with Gasteiger partial charge in [0, 0.05) is 20.0 Å². The Morgan fingerprint density at radius 2 is 2.17 bits per heavy atom. The number of carbonyl (C=O) groups is 2. The van der Waals surface area contributed by atoms with Crippen LogP contribution in [0.4, 0.5) is 0 Å². The third kappa shape index (κ3) is 3.54. The molecule has 0 aliphatic rings. The van der Waals surface area contributed by atoms with Gasteiger partial charge in [-0.2, -0.15) is 0 Å². The average molecular weight is 254 g/mol. The van der Waals surface area contributed by atoms with Crippen LogP contribution >= 0.6 is 0 Å². The third-order valence-electron chi connectivity index (χ3n) is 2.53. The number of amides is 1. The fourth-order valence-electron chi connectivity index (χ4n) is 1.48. The summed E-state index contributed by atoms with van der Waals surface area (Å²) in [6.07, 6.45) is 1.64. The van der Waals surface area contributed by atoms with E-state index in [1.165, 1.54) is 11.9 Å². The van der Waals surface area contributed by atoms with Gasteiger partial charge >= 0.3 is 5.97 Å². The summed E-state index contributed by atoms with van der Waals surface area (Å²) >= 11 is 0. The van der Waals surface area contributed by atoms with E-state index in [0.29, 0.717) is 5.82 Å². The lowest BCUT2D eigenvalue weighted by Crippen LogP contribution is -2.34. The van der Waals surface area contributed by atoms with E-state index < -0.39 is 11.9 Å². The first kappa shape index (κ1) is 14.1. The molecule has 7 heteroatoms. The topological polar surface area (TPSA) is 99.2 Å². The molecule has 1 aromatic heterocycles. The number of hydrogen-bond donors (Lipinski definition) is 2. The predicted molar refractivity (Wildman–Crippen MR) is 64.1 cm³/mol. The van der Waals surface area contributed by atoms with Gasteiger partial charge in [0.2, 0.25) is 5.82 Å². The number of nitrogens with zero attached hydrogens (tertiary/aromatic N) is 3. The molecule has 1 amide bonds. The number of carboxylic acid groups (broad SMARTS) is 1. The second kappa shape index (κ2) is 6.13. The van der Waals surface area contributed by atoms with Gasteiger partial charge in [-0.15, -0.1) is 5.10 Å². The van der Waals surface area contributed by atoms with Crippen molar-refractivity contribution in [1.29, 1.82) is 0 Å². The van der Waals surface area contributed by atoms with Gasteiger partial charge in [0.15, 0.2) is 0 Å². The van der Waals surface area contributed by atoms with Crippen molar-refractivity contribution >= 4 is 11.9 Å². The highest BCUT2D eigenvalue weighted by Gasteiger charge is 2.21. The highest BCUT2D eigenvalue weighted by molar-refractivity contribution is 5.90. The molecule has 0 radical (unpaired) electrons. The van der Waals surface area contributed by atoms with Crippen molar-refractivity contribution in [2.24, 2.45) is 5.92 Å². The van der Waals surface area contributed by atoms with Crippen LogP contribution < -0.4 is 0 Å². The SMILES string of the molecule is CCCc1nc(C(=O)N(C)CC(C)C(=O)O)n[nH]1. The molecule has 1 heterocycles. The summed E-state index contributed by atoms with van der Waals surface area (Å²) in [5, 5.41) is 15.3. The van der Waals surface area contributed by atoms with Gasteiger partial charge in [-0.05, 0) is 6.42 Å². The summed E-state index contributed by atoms with van der Waals surface area (Å²) in [6, 6.07) is 0. The summed E-state index contributed by atoms with van der Waals surface area (Å²) in [6.45, 7) is 3.68. The molecule has 1 rings (SSSR count). The Kier molecular flexibility index (Phi) is 4.82. The van der Waals surface area contributed by atoms with E-state index in [9.17, 15) is 9.59 Å². The second-order valence-corrected chi connectivity index (χ2v) is 4.28. The fraction of sp³-hybridized carbons (Fsp3) is 0.636. The van der Waals surface area contributed by atoms with E-state index in [1.807, 2.05) is 6.92 Å². The van der Waals surface area contributed by atoms with Crippen molar-refractivity contribution in [1.82, 2.24) is 20.1 Å². The van der Waals surface area contributed by atoms with Gasteiger partial charge in [-0.1, -0.05) is 13.8 Å². The molecule has 0 saturated carbocycles. The molecular weight excluding hydrogens is 236 g/mol. The van der Waals surface area contributed by atoms with E-state index in [4.69, 9.17) is 5.11 Å². The molecule has 0 spiro atoms. The minimum absolute atomic E-state index is 0.0820. The highest BCUT2D eigenvalue weighted by Crippen LogP contribution is 2.04. The summed E-state index contributed by atoms with van der Waals surface area (Å²) in [5.41, 5.74) is 0. The zero-order valence-corrected chi connectivity index (χ0v) is 10.8. The van der Waals surface area contributed by atoms with Gasteiger partial charge in [0.05, 0.1) is 5.92 Å².